The number of hydrogen-bond acceptors (Lipinski definition) is 5. The predicted molar refractivity (Wildman–Crippen MR) is 106 cm³/mol. The molecule has 4 rings (SSSR count). The van der Waals surface area contributed by atoms with Crippen molar-refractivity contribution in [2.24, 2.45) is 0 Å². The third-order valence-corrected chi connectivity index (χ3v) is 4.78. The molecule has 0 saturated heterocycles. The summed E-state index contributed by atoms with van der Waals surface area (Å²) in [6.45, 7) is 0.487. The Labute approximate surface area is 163 Å². The number of nitrogens with zero attached hydrogens (tertiary/aromatic N) is 2. The van der Waals surface area contributed by atoms with Crippen molar-refractivity contribution in [3.8, 4) is 11.5 Å². The molecule has 28 heavy (non-hydrogen) atoms. The van der Waals surface area contributed by atoms with Crippen molar-refractivity contribution in [2.45, 2.75) is 12.7 Å². The highest BCUT2D eigenvalue weighted by molar-refractivity contribution is 5.98. The number of rotatable bonds is 6. The first-order chi connectivity index (χ1) is 13.7. The third kappa shape index (κ3) is 3.24. The predicted octanol–water partition coefficient (Wildman–Crippen LogP) is 3.87. The van der Waals surface area contributed by atoms with E-state index in [-0.39, 0.29) is 12.1 Å². The van der Waals surface area contributed by atoms with E-state index in [1.165, 1.54) is 0 Å². The summed E-state index contributed by atoms with van der Waals surface area (Å²) < 4.78 is 10.7. The number of fused-ring (bicyclic) bond motifs is 1. The Morgan fingerprint density at radius 2 is 1.79 bits per heavy atom. The number of methoxy groups -OCH3 is 2. The van der Waals surface area contributed by atoms with Crippen LogP contribution >= 0.6 is 0 Å². The molecular weight excluding hydrogens is 354 g/mol. The molecule has 1 aliphatic heterocycles. The summed E-state index contributed by atoms with van der Waals surface area (Å²) in [5.41, 5.74) is 3.21. The number of pyridine rings is 1. The lowest BCUT2D eigenvalue weighted by Gasteiger charge is -2.27. The Morgan fingerprint density at radius 3 is 2.54 bits per heavy atom. The van der Waals surface area contributed by atoms with Gasteiger partial charge in [0.1, 0.15) is 6.17 Å². The highest BCUT2D eigenvalue weighted by Crippen LogP contribution is 2.36. The molecule has 1 aromatic heterocycles. The normalized spacial score (nSPS) is 15.3. The highest BCUT2D eigenvalue weighted by atomic mass is 16.5. The van der Waals surface area contributed by atoms with Crippen LogP contribution in [0.4, 0.5) is 5.69 Å². The van der Waals surface area contributed by atoms with E-state index in [0.717, 1.165) is 16.9 Å². The molecule has 1 aliphatic rings. The van der Waals surface area contributed by atoms with Gasteiger partial charge in [-0.25, -0.2) is 0 Å². The molecule has 0 fully saturated rings. The highest BCUT2D eigenvalue weighted by Gasteiger charge is 2.37. The van der Waals surface area contributed by atoms with Gasteiger partial charge in [-0.05, 0) is 29.8 Å². The van der Waals surface area contributed by atoms with E-state index in [1.807, 2.05) is 54.6 Å². The van der Waals surface area contributed by atoms with Gasteiger partial charge in [-0.3, -0.25) is 9.78 Å². The maximum absolute atomic E-state index is 13.0. The minimum absolute atomic E-state index is 0.0371. The molecule has 1 atom stereocenters. The quantitative estimate of drug-likeness (QED) is 0.709. The first-order valence-corrected chi connectivity index (χ1v) is 8.99. The van der Waals surface area contributed by atoms with Gasteiger partial charge < -0.3 is 19.7 Å². The molecule has 2 aromatic carbocycles. The number of carbonyl (C=O) groups is 1. The Bertz CT molecular complexity index is 991. The second kappa shape index (κ2) is 7.60. The summed E-state index contributed by atoms with van der Waals surface area (Å²) in [7, 11) is 3.20. The van der Waals surface area contributed by atoms with Crippen molar-refractivity contribution in [3.63, 3.8) is 0 Å². The van der Waals surface area contributed by atoms with E-state index in [4.69, 9.17) is 9.47 Å². The van der Waals surface area contributed by atoms with Crippen LogP contribution in [0.3, 0.4) is 0 Å². The van der Waals surface area contributed by atoms with E-state index >= 15 is 0 Å². The number of aromatic nitrogens is 1. The average molecular weight is 375 g/mol. The van der Waals surface area contributed by atoms with E-state index in [9.17, 15) is 4.79 Å². The van der Waals surface area contributed by atoms with E-state index in [1.54, 1.807) is 31.4 Å². The second-order valence-electron chi connectivity index (χ2n) is 6.47. The van der Waals surface area contributed by atoms with Gasteiger partial charge in [0, 0.05) is 24.5 Å². The topological polar surface area (TPSA) is 63.7 Å². The van der Waals surface area contributed by atoms with Crippen molar-refractivity contribution >= 4 is 11.6 Å². The lowest BCUT2D eigenvalue weighted by Crippen LogP contribution is -2.32. The van der Waals surface area contributed by atoms with Crippen molar-refractivity contribution in [1.82, 2.24) is 9.88 Å². The van der Waals surface area contributed by atoms with Crippen LogP contribution in [0.2, 0.25) is 0 Å². The molecule has 0 bridgehead atoms. The number of nitrogens with one attached hydrogen (secondary N) is 1. The van der Waals surface area contributed by atoms with Gasteiger partial charge in [0.2, 0.25) is 0 Å². The number of benzene rings is 2. The maximum atomic E-state index is 13.0. The summed E-state index contributed by atoms with van der Waals surface area (Å²) in [5.74, 6) is 1.23. The lowest BCUT2D eigenvalue weighted by molar-refractivity contribution is 0.0728. The Morgan fingerprint density at radius 1 is 1.00 bits per heavy atom. The molecule has 6 nitrogen and oxygen atoms in total. The van der Waals surface area contributed by atoms with E-state index < -0.39 is 0 Å². The Hall–Kier alpha value is -3.54. The van der Waals surface area contributed by atoms with Gasteiger partial charge >= 0.3 is 0 Å². The SMILES string of the molecule is COc1ccc(N[C@@H]2c3ncccc3C(=O)N2Cc2ccccc2)cc1OC. The lowest BCUT2D eigenvalue weighted by atomic mass is 10.2. The Kier molecular flexibility index (Phi) is 4.85. The molecule has 2 heterocycles. The van der Waals surface area contributed by atoms with Crippen molar-refractivity contribution in [2.75, 3.05) is 19.5 Å². The van der Waals surface area contributed by atoms with Crippen molar-refractivity contribution in [1.29, 1.82) is 0 Å². The van der Waals surface area contributed by atoms with Crippen LogP contribution in [0.5, 0.6) is 11.5 Å². The summed E-state index contributed by atoms with van der Waals surface area (Å²) >= 11 is 0. The van der Waals surface area contributed by atoms with E-state index in [2.05, 4.69) is 10.3 Å². The Balaban J connectivity index is 1.68. The monoisotopic (exact) mass is 375 g/mol. The van der Waals surface area contributed by atoms with Gasteiger partial charge in [0.05, 0.1) is 25.5 Å². The van der Waals surface area contributed by atoms with Gasteiger partial charge in [-0.15, -0.1) is 0 Å². The van der Waals surface area contributed by atoms with Crippen molar-refractivity contribution < 1.29 is 14.3 Å². The van der Waals surface area contributed by atoms with Gasteiger partial charge in [-0.2, -0.15) is 0 Å². The molecule has 0 aliphatic carbocycles. The average Bonchev–Trinajstić information content (AvgIpc) is 3.00. The molecule has 6 heteroatoms. The van der Waals surface area contributed by atoms with Crippen LogP contribution in [-0.2, 0) is 6.54 Å². The number of carbonyl (C=O) groups excluding carboxylic acids is 1. The van der Waals surface area contributed by atoms with Crippen LogP contribution in [0.25, 0.3) is 0 Å². The number of hydrogen-bond donors (Lipinski definition) is 1. The van der Waals surface area contributed by atoms with Crippen LogP contribution in [0.15, 0.2) is 66.9 Å². The zero-order valence-corrected chi connectivity index (χ0v) is 15.8. The number of ether oxygens (including phenoxy) is 2. The molecule has 142 valence electrons. The summed E-state index contributed by atoms with van der Waals surface area (Å²) in [5, 5.41) is 3.43. The maximum Gasteiger partial charge on any atom is 0.258 e. The first kappa shape index (κ1) is 17.9. The van der Waals surface area contributed by atoms with Crippen molar-refractivity contribution in [3.05, 3.63) is 83.7 Å². The van der Waals surface area contributed by atoms with Gasteiger partial charge in [0.25, 0.3) is 5.91 Å². The van der Waals surface area contributed by atoms with Crippen LogP contribution < -0.4 is 14.8 Å². The molecule has 0 radical (unpaired) electrons. The standard InChI is InChI=1S/C22H21N3O3/c1-27-18-11-10-16(13-19(18)28-2)24-21-20-17(9-6-12-23-20)22(26)25(21)14-15-7-4-3-5-8-15/h3-13,21,24H,14H2,1-2H3/t21-/m0/s1. The molecule has 1 N–H and O–H groups in total. The second-order valence-corrected chi connectivity index (χ2v) is 6.47. The number of anilines is 1. The fourth-order valence-corrected chi connectivity index (χ4v) is 3.41. The zero-order valence-electron chi connectivity index (χ0n) is 15.8. The van der Waals surface area contributed by atoms with Crippen LogP contribution in [0.1, 0.15) is 27.8 Å². The molecule has 3 aromatic rings. The summed E-state index contributed by atoms with van der Waals surface area (Å²) in [4.78, 5) is 19.3. The van der Waals surface area contributed by atoms with Gasteiger partial charge in [0.15, 0.2) is 11.5 Å². The molecular formula is C22H21N3O3. The van der Waals surface area contributed by atoms with E-state index in [0.29, 0.717) is 23.6 Å². The molecule has 0 saturated carbocycles. The van der Waals surface area contributed by atoms with Crippen LogP contribution in [-0.4, -0.2) is 30.0 Å². The van der Waals surface area contributed by atoms with Gasteiger partial charge in [-0.1, -0.05) is 30.3 Å². The largest absolute Gasteiger partial charge is 0.493 e. The molecule has 1 amide bonds. The summed E-state index contributed by atoms with van der Waals surface area (Å²) in [6.07, 6.45) is 1.34. The fourth-order valence-electron chi connectivity index (χ4n) is 3.41. The fraction of sp³-hybridized carbons (Fsp3) is 0.182. The minimum atomic E-state index is -0.373. The number of amides is 1. The molecule has 0 unspecified atom stereocenters. The smallest absolute Gasteiger partial charge is 0.258 e. The first-order valence-electron chi connectivity index (χ1n) is 8.99. The zero-order chi connectivity index (χ0) is 19.5. The third-order valence-electron chi connectivity index (χ3n) is 4.78. The minimum Gasteiger partial charge on any atom is -0.493 e. The van der Waals surface area contributed by atoms with Crippen LogP contribution in [0, 0.1) is 0 Å². The molecule has 0 spiro atoms. The summed E-state index contributed by atoms with van der Waals surface area (Å²) in [6, 6.07) is 19.1.